The molecule has 0 aliphatic rings. The van der Waals surface area contributed by atoms with Gasteiger partial charge in [-0.3, -0.25) is 9.59 Å². The molecular formula is C15H16IN3O2. The summed E-state index contributed by atoms with van der Waals surface area (Å²) in [5, 5.41) is 6.90. The van der Waals surface area contributed by atoms with Gasteiger partial charge in [-0.05, 0) is 53.3 Å². The Bertz CT molecular complexity index is 697. The number of nitrogens with zero attached hydrogens (tertiary/aromatic N) is 2. The third kappa shape index (κ3) is 4.38. The van der Waals surface area contributed by atoms with Crippen LogP contribution in [0.25, 0.3) is 0 Å². The molecule has 1 amide bonds. The van der Waals surface area contributed by atoms with E-state index in [4.69, 9.17) is 0 Å². The Hall–Kier alpha value is -1.70. The molecule has 2 aromatic rings. The number of rotatable bonds is 5. The molecule has 0 atom stereocenters. The molecule has 1 N–H and O–H groups in total. The highest BCUT2D eigenvalue weighted by Gasteiger charge is 2.10. The second-order valence-electron chi connectivity index (χ2n) is 4.60. The first kappa shape index (κ1) is 15.7. The Kier molecular flexibility index (Phi) is 5.49. The number of hydrogen-bond donors (Lipinski definition) is 1. The molecule has 1 heterocycles. The first-order chi connectivity index (χ1) is 10.1. The van der Waals surface area contributed by atoms with Gasteiger partial charge in [0.15, 0.2) is 0 Å². The lowest BCUT2D eigenvalue weighted by Crippen LogP contribution is -2.26. The van der Waals surface area contributed by atoms with Crippen LogP contribution < -0.4 is 10.9 Å². The number of amides is 1. The molecule has 2 rings (SSSR count). The van der Waals surface area contributed by atoms with Gasteiger partial charge in [0.1, 0.15) is 5.69 Å². The van der Waals surface area contributed by atoms with Gasteiger partial charge in [0, 0.05) is 21.9 Å². The molecule has 6 heteroatoms. The average molecular weight is 397 g/mol. The standard InChI is InChI=1S/C15H16IN3O2/c1-2-3-9-19-14(20)8-7-13(18-19)15(21)17-12-6-4-5-11(16)10-12/h4-8,10H,2-3,9H2,1H3,(H,17,21). The summed E-state index contributed by atoms with van der Waals surface area (Å²) in [6.45, 7) is 2.57. The Morgan fingerprint density at radius 3 is 2.86 bits per heavy atom. The zero-order valence-corrected chi connectivity index (χ0v) is 13.8. The molecule has 0 unspecified atom stereocenters. The van der Waals surface area contributed by atoms with Crippen LogP contribution in [0.3, 0.4) is 0 Å². The number of anilines is 1. The number of carbonyl (C=O) groups is 1. The summed E-state index contributed by atoms with van der Waals surface area (Å²) in [5.41, 5.74) is 0.763. The molecule has 110 valence electrons. The van der Waals surface area contributed by atoms with Crippen molar-refractivity contribution >= 4 is 34.2 Å². The number of aromatic nitrogens is 2. The summed E-state index contributed by atoms with van der Waals surface area (Å²) in [6, 6.07) is 10.3. The number of carbonyl (C=O) groups excluding carboxylic acids is 1. The quantitative estimate of drug-likeness (QED) is 0.790. The van der Waals surface area contributed by atoms with Crippen molar-refractivity contribution in [1.82, 2.24) is 9.78 Å². The summed E-state index contributed by atoms with van der Waals surface area (Å²) in [7, 11) is 0. The first-order valence-corrected chi connectivity index (χ1v) is 7.83. The largest absolute Gasteiger partial charge is 0.321 e. The van der Waals surface area contributed by atoms with E-state index in [1.165, 1.54) is 16.8 Å². The van der Waals surface area contributed by atoms with Crippen LogP contribution in [0.4, 0.5) is 5.69 Å². The monoisotopic (exact) mass is 397 g/mol. The SMILES string of the molecule is CCCCn1nc(C(=O)Nc2cccc(I)c2)ccc1=O. The van der Waals surface area contributed by atoms with E-state index in [-0.39, 0.29) is 17.2 Å². The fourth-order valence-electron chi connectivity index (χ4n) is 1.80. The van der Waals surface area contributed by atoms with Gasteiger partial charge in [0.05, 0.1) is 0 Å². The number of nitrogens with one attached hydrogen (secondary N) is 1. The lowest BCUT2D eigenvalue weighted by atomic mass is 10.3. The van der Waals surface area contributed by atoms with Crippen molar-refractivity contribution in [2.45, 2.75) is 26.3 Å². The summed E-state index contributed by atoms with van der Waals surface area (Å²) in [5.74, 6) is -0.317. The Morgan fingerprint density at radius 1 is 1.33 bits per heavy atom. The van der Waals surface area contributed by atoms with Crippen LogP contribution in [-0.4, -0.2) is 15.7 Å². The van der Waals surface area contributed by atoms with Gasteiger partial charge in [-0.2, -0.15) is 5.10 Å². The van der Waals surface area contributed by atoms with Gasteiger partial charge in [0.25, 0.3) is 11.5 Å². The van der Waals surface area contributed by atoms with Crippen molar-refractivity contribution in [1.29, 1.82) is 0 Å². The molecule has 0 fully saturated rings. The second kappa shape index (κ2) is 7.35. The molecule has 0 saturated heterocycles. The maximum Gasteiger partial charge on any atom is 0.276 e. The van der Waals surface area contributed by atoms with Crippen LogP contribution in [0.15, 0.2) is 41.2 Å². The number of benzene rings is 1. The van der Waals surface area contributed by atoms with Crippen LogP contribution in [0, 0.1) is 3.57 Å². The van der Waals surface area contributed by atoms with Gasteiger partial charge < -0.3 is 5.32 Å². The fraction of sp³-hybridized carbons (Fsp3) is 0.267. The van der Waals surface area contributed by atoms with E-state index >= 15 is 0 Å². The molecule has 0 aliphatic carbocycles. The van der Waals surface area contributed by atoms with Crippen LogP contribution in [-0.2, 0) is 6.54 Å². The van der Waals surface area contributed by atoms with Crippen molar-refractivity contribution in [2.24, 2.45) is 0 Å². The highest BCUT2D eigenvalue weighted by atomic mass is 127. The lowest BCUT2D eigenvalue weighted by Gasteiger charge is -2.07. The van der Waals surface area contributed by atoms with Crippen LogP contribution in [0.1, 0.15) is 30.3 Å². The van der Waals surface area contributed by atoms with Gasteiger partial charge in [-0.1, -0.05) is 19.4 Å². The summed E-state index contributed by atoms with van der Waals surface area (Å²) in [4.78, 5) is 23.8. The molecule has 21 heavy (non-hydrogen) atoms. The molecule has 1 aromatic carbocycles. The zero-order valence-electron chi connectivity index (χ0n) is 11.7. The van der Waals surface area contributed by atoms with Crippen LogP contribution >= 0.6 is 22.6 Å². The molecule has 0 spiro atoms. The lowest BCUT2D eigenvalue weighted by molar-refractivity contribution is 0.101. The van der Waals surface area contributed by atoms with Crippen molar-refractivity contribution < 1.29 is 4.79 Å². The molecule has 1 aromatic heterocycles. The van der Waals surface area contributed by atoms with Gasteiger partial charge in [-0.25, -0.2) is 4.68 Å². The second-order valence-corrected chi connectivity index (χ2v) is 5.84. The van der Waals surface area contributed by atoms with Gasteiger partial charge in [-0.15, -0.1) is 0 Å². The molecule has 0 aliphatic heterocycles. The van der Waals surface area contributed by atoms with E-state index in [2.05, 4.69) is 33.0 Å². The Morgan fingerprint density at radius 2 is 2.14 bits per heavy atom. The van der Waals surface area contributed by atoms with E-state index in [1.54, 1.807) is 0 Å². The Labute approximate surface area is 136 Å². The number of hydrogen-bond acceptors (Lipinski definition) is 3. The average Bonchev–Trinajstić information content (AvgIpc) is 2.46. The van der Waals surface area contributed by atoms with E-state index in [0.717, 1.165) is 16.4 Å². The normalized spacial score (nSPS) is 10.4. The topological polar surface area (TPSA) is 64.0 Å². The predicted octanol–water partition coefficient (Wildman–Crippen LogP) is 2.90. The third-order valence-electron chi connectivity index (χ3n) is 2.91. The first-order valence-electron chi connectivity index (χ1n) is 6.75. The number of unbranched alkanes of at least 4 members (excludes halogenated alkanes) is 1. The Balaban J connectivity index is 2.17. The number of aryl methyl sites for hydroxylation is 1. The van der Waals surface area contributed by atoms with Crippen LogP contribution in [0.2, 0.25) is 0 Å². The van der Waals surface area contributed by atoms with Gasteiger partial charge in [0.2, 0.25) is 0 Å². The van der Waals surface area contributed by atoms with E-state index in [1.807, 2.05) is 31.2 Å². The minimum Gasteiger partial charge on any atom is -0.321 e. The number of halogens is 1. The van der Waals surface area contributed by atoms with Crippen molar-refractivity contribution in [3.8, 4) is 0 Å². The van der Waals surface area contributed by atoms with Crippen molar-refractivity contribution in [3.63, 3.8) is 0 Å². The van der Waals surface area contributed by atoms with E-state index in [0.29, 0.717) is 12.2 Å². The van der Waals surface area contributed by atoms with Crippen molar-refractivity contribution in [2.75, 3.05) is 5.32 Å². The zero-order chi connectivity index (χ0) is 15.2. The van der Waals surface area contributed by atoms with Crippen LogP contribution in [0.5, 0.6) is 0 Å². The summed E-state index contributed by atoms with van der Waals surface area (Å²) < 4.78 is 2.37. The smallest absolute Gasteiger partial charge is 0.276 e. The minimum absolute atomic E-state index is 0.186. The summed E-state index contributed by atoms with van der Waals surface area (Å²) >= 11 is 2.18. The predicted molar refractivity (Wildman–Crippen MR) is 90.5 cm³/mol. The van der Waals surface area contributed by atoms with Gasteiger partial charge >= 0.3 is 0 Å². The fourth-order valence-corrected chi connectivity index (χ4v) is 2.34. The molecular weight excluding hydrogens is 381 g/mol. The van der Waals surface area contributed by atoms with E-state index in [9.17, 15) is 9.59 Å². The highest BCUT2D eigenvalue weighted by Crippen LogP contribution is 2.13. The highest BCUT2D eigenvalue weighted by molar-refractivity contribution is 14.1. The maximum atomic E-state index is 12.2. The molecule has 0 radical (unpaired) electrons. The minimum atomic E-state index is -0.317. The summed E-state index contributed by atoms with van der Waals surface area (Å²) in [6.07, 6.45) is 1.82. The van der Waals surface area contributed by atoms with E-state index < -0.39 is 0 Å². The maximum absolute atomic E-state index is 12.2. The molecule has 0 bridgehead atoms. The molecule has 0 saturated carbocycles. The molecule has 5 nitrogen and oxygen atoms in total. The third-order valence-corrected chi connectivity index (χ3v) is 3.58. The van der Waals surface area contributed by atoms with Crippen molar-refractivity contribution in [3.05, 3.63) is 56.0 Å².